The van der Waals surface area contributed by atoms with Crippen molar-refractivity contribution in [3.63, 3.8) is 0 Å². The number of hydrogen-bond acceptors (Lipinski definition) is 2. The first kappa shape index (κ1) is 22.9. The Balaban J connectivity index is 1.42. The summed E-state index contributed by atoms with van der Waals surface area (Å²) in [5, 5.41) is 2.63. The van der Waals surface area contributed by atoms with Crippen LogP contribution in [0.5, 0.6) is 0 Å². The number of hydrogen-bond donors (Lipinski definition) is 0. The van der Waals surface area contributed by atoms with Crippen LogP contribution in [0.4, 0.5) is 0 Å². The molecule has 7 rings (SSSR count). The summed E-state index contributed by atoms with van der Waals surface area (Å²) in [7, 11) is 0. The van der Waals surface area contributed by atoms with E-state index in [0.717, 1.165) is 22.5 Å². The van der Waals surface area contributed by atoms with Gasteiger partial charge in [-0.1, -0.05) is 105 Å². The van der Waals surface area contributed by atoms with Crippen molar-refractivity contribution >= 4 is 22.4 Å². The number of nitrogens with zero attached hydrogens (tertiary/aromatic N) is 2. The van der Waals surface area contributed by atoms with Crippen LogP contribution in [0.1, 0.15) is 25.0 Å². The lowest BCUT2D eigenvalue weighted by atomic mass is 9.81. The summed E-state index contributed by atoms with van der Waals surface area (Å²) < 4.78 is 0. The molecule has 0 fully saturated rings. The molecule has 0 aliphatic heterocycles. The standard InChI is InChI=1S/C35H25ClN2/c1-35(2)30-15-9-8-14-27(30)28-17-16-24(20-31(28)35)29-19-25(18-23-12-6-7-13-26(23)29)33-21-32(37-34(36)38-33)22-10-4-3-5-11-22/h3-21H,1-2H3. The van der Waals surface area contributed by atoms with Gasteiger partial charge < -0.3 is 0 Å². The van der Waals surface area contributed by atoms with Gasteiger partial charge in [-0.25, -0.2) is 9.97 Å². The average Bonchev–Trinajstić information content (AvgIpc) is 3.19. The summed E-state index contributed by atoms with van der Waals surface area (Å²) in [5.41, 5.74) is 11.4. The van der Waals surface area contributed by atoms with E-state index in [-0.39, 0.29) is 10.7 Å². The van der Waals surface area contributed by atoms with E-state index in [1.807, 2.05) is 36.4 Å². The van der Waals surface area contributed by atoms with E-state index < -0.39 is 0 Å². The van der Waals surface area contributed by atoms with Crippen LogP contribution in [0.2, 0.25) is 5.28 Å². The Morgan fingerprint density at radius 2 is 1.21 bits per heavy atom. The van der Waals surface area contributed by atoms with Gasteiger partial charge in [0.2, 0.25) is 5.28 Å². The molecular formula is C35H25ClN2. The van der Waals surface area contributed by atoms with Crippen molar-refractivity contribution in [3.05, 3.63) is 132 Å². The molecule has 1 aliphatic carbocycles. The average molecular weight is 509 g/mol. The minimum atomic E-state index is -0.0554. The monoisotopic (exact) mass is 508 g/mol. The molecule has 0 bridgehead atoms. The van der Waals surface area contributed by atoms with Gasteiger partial charge in [0, 0.05) is 16.5 Å². The van der Waals surface area contributed by atoms with Crippen LogP contribution in [-0.2, 0) is 5.41 Å². The van der Waals surface area contributed by atoms with Gasteiger partial charge in [-0.2, -0.15) is 0 Å². The molecule has 38 heavy (non-hydrogen) atoms. The van der Waals surface area contributed by atoms with E-state index in [9.17, 15) is 0 Å². The number of rotatable bonds is 3. The Hall–Kier alpha value is -4.27. The Morgan fingerprint density at radius 1 is 0.526 bits per heavy atom. The number of fused-ring (bicyclic) bond motifs is 4. The molecule has 0 unspecified atom stereocenters. The number of halogens is 1. The number of aromatic nitrogens is 2. The van der Waals surface area contributed by atoms with Crippen molar-refractivity contribution in [1.29, 1.82) is 0 Å². The second kappa shape index (κ2) is 8.65. The molecule has 3 heteroatoms. The molecule has 182 valence electrons. The third-order valence-electron chi connectivity index (χ3n) is 7.82. The first-order valence-corrected chi connectivity index (χ1v) is 13.2. The van der Waals surface area contributed by atoms with Gasteiger partial charge in [0.05, 0.1) is 11.4 Å². The maximum absolute atomic E-state index is 6.44. The molecule has 0 amide bonds. The third kappa shape index (κ3) is 3.64. The highest BCUT2D eigenvalue weighted by Gasteiger charge is 2.35. The Morgan fingerprint density at radius 3 is 2.05 bits per heavy atom. The largest absolute Gasteiger partial charge is 0.223 e. The maximum atomic E-state index is 6.44. The molecule has 5 aromatic carbocycles. The highest BCUT2D eigenvalue weighted by molar-refractivity contribution is 6.28. The van der Waals surface area contributed by atoms with Crippen LogP contribution in [0.3, 0.4) is 0 Å². The van der Waals surface area contributed by atoms with Gasteiger partial charge in [0.15, 0.2) is 0 Å². The Kier molecular flexibility index (Phi) is 5.21. The predicted molar refractivity (Wildman–Crippen MR) is 158 cm³/mol. The molecule has 0 saturated heterocycles. The van der Waals surface area contributed by atoms with Gasteiger partial charge >= 0.3 is 0 Å². The summed E-state index contributed by atoms with van der Waals surface area (Å²) >= 11 is 6.44. The Labute approximate surface area is 227 Å². The highest BCUT2D eigenvalue weighted by Crippen LogP contribution is 2.50. The van der Waals surface area contributed by atoms with Gasteiger partial charge in [-0.15, -0.1) is 0 Å². The maximum Gasteiger partial charge on any atom is 0.223 e. The molecule has 0 radical (unpaired) electrons. The number of benzene rings is 5. The molecule has 2 nitrogen and oxygen atoms in total. The zero-order valence-electron chi connectivity index (χ0n) is 21.2. The summed E-state index contributed by atoms with van der Waals surface area (Å²) in [6.45, 7) is 4.65. The first-order valence-electron chi connectivity index (χ1n) is 12.9. The van der Waals surface area contributed by atoms with Crippen molar-refractivity contribution in [2.75, 3.05) is 0 Å². The molecule has 0 spiro atoms. The van der Waals surface area contributed by atoms with Crippen LogP contribution in [0.15, 0.2) is 115 Å². The van der Waals surface area contributed by atoms with Crippen LogP contribution < -0.4 is 0 Å². The highest BCUT2D eigenvalue weighted by atomic mass is 35.5. The normalized spacial score (nSPS) is 13.3. The summed E-state index contributed by atoms with van der Waals surface area (Å²) in [6, 6.07) is 40.8. The zero-order chi connectivity index (χ0) is 25.9. The van der Waals surface area contributed by atoms with E-state index in [1.165, 1.54) is 44.2 Å². The fourth-order valence-electron chi connectivity index (χ4n) is 5.89. The van der Waals surface area contributed by atoms with Crippen molar-refractivity contribution in [3.8, 4) is 44.8 Å². The molecule has 0 atom stereocenters. The fourth-order valence-corrected chi connectivity index (χ4v) is 6.07. The first-order chi connectivity index (χ1) is 18.5. The molecule has 0 saturated carbocycles. The molecule has 6 aromatic rings. The lowest BCUT2D eigenvalue weighted by Crippen LogP contribution is -2.14. The van der Waals surface area contributed by atoms with Gasteiger partial charge in [0.25, 0.3) is 0 Å². The second-order valence-corrected chi connectivity index (χ2v) is 10.8. The molecular weight excluding hydrogens is 484 g/mol. The second-order valence-electron chi connectivity index (χ2n) is 10.4. The quantitative estimate of drug-likeness (QED) is 0.222. The third-order valence-corrected chi connectivity index (χ3v) is 7.99. The van der Waals surface area contributed by atoms with E-state index in [0.29, 0.717) is 0 Å². The lowest BCUT2D eigenvalue weighted by Gasteiger charge is -2.22. The van der Waals surface area contributed by atoms with Gasteiger partial charge in [-0.05, 0) is 80.0 Å². The molecule has 1 aromatic heterocycles. The van der Waals surface area contributed by atoms with Crippen molar-refractivity contribution < 1.29 is 0 Å². The van der Waals surface area contributed by atoms with Crippen LogP contribution in [0.25, 0.3) is 55.5 Å². The molecule has 1 heterocycles. The SMILES string of the molecule is CC1(C)c2ccccc2-c2ccc(-c3cc(-c4cc(-c5ccccc5)nc(Cl)n4)cc4ccccc34)cc21. The zero-order valence-corrected chi connectivity index (χ0v) is 22.0. The van der Waals surface area contributed by atoms with Crippen LogP contribution in [0, 0.1) is 0 Å². The van der Waals surface area contributed by atoms with Gasteiger partial charge in [0.1, 0.15) is 0 Å². The van der Waals surface area contributed by atoms with E-state index in [4.69, 9.17) is 11.6 Å². The van der Waals surface area contributed by atoms with E-state index in [1.54, 1.807) is 0 Å². The van der Waals surface area contributed by atoms with Crippen molar-refractivity contribution in [2.45, 2.75) is 19.3 Å². The van der Waals surface area contributed by atoms with Crippen LogP contribution >= 0.6 is 11.6 Å². The fraction of sp³-hybridized carbons (Fsp3) is 0.0857. The lowest BCUT2D eigenvalue weighted by molar-refractivity contribution is 0.660. The summed E-state index contributed by atoms with van der Waals surface area (Å²) in [5.74, 6) is 0. The molecule has 1 aliphatic rings. The van der Waals surface area contributed by atoms with Gasteiger partial charge in [-0.3, -0.25) is 0 Å². The topological polar surface area (TPSA) is 25.8 Å². The van der Waals surface area contributed by atoms with Crippen molar-refractivity contribution in [1.82, 2.24) is 9.97 Å². The smallest absolute Gasteiger partial charge is 0.218 e. The van der Waals surface area contributed by atoms with E-state index >= 15 is 0 Å². The minimum absolute atomic E-state index is 0.0554. The predicted octanol–water partition coefficient (Wildman–Crippen LogP) is 9.59. The summed E-state index contributed by atoms with van der Waals surface area (Å²) in [6.07, 6.45) is 0. The van der Waals surface area contributed by atoms with Crippen LogP contribution in [-0.4, -0.2) is 9.97 Å². The van der Waals surface area contributed by atoms with Crippen molar-refractivity contribution in [2.24, 2.45) is 0 Å². The molecule has 0 N–H and O–H groups in total. The minimum Gasteiger partial charge on any atom is -0.218 e. The Bertz CT molecular complexity index is 1850. The summed E-state index contributed by atoms with van der Waals surface area (Å²) in [4.78, 5) is 9.14. The van der Waals surface area contributed by atoms with E-state index in [2.05, 4.69) is 103 Å².